The lowest BCUT2D eigenvalue weighted by atomic mass is 9.88. The van der Waals surface area contributed by atoms with Crippen LogP contribution in [0, 0.1) is 0 Å². The molecule has 1 aromatic heterocycles. The average molecular weight is 502 g/mol. The first-order valence-electron chi connectivity index (χ1n) is 11.6. The van der Waals surface area contributed by atoms with E-state index in [2.05, 4.69) is 17.2 Å². The molecule has 2 saturated carbocycles. The summed E-state index contributed by atoms with van der Waals surface area (Å²) in [5, 5.41) is 12.2. The van der Waals surface area contributed by atoms with Crippen molar-refractivity contribution in [2.45, 2.75) is 89.3 Å². The van der Waals surface area contributed by atoms with E-state index < -0.39 is 23.8 Å². The fourth-order valence-corrected chi connectivity index (χ4v) is 6.10. The normalized spacial score (nSPS) is 22.5. The molecule has 1 unspecified atom stereocenters. The topological polar surface area (TPSA) is 135 Å². The molecule has 186 valence electrons. The Balaban J connectivity index is 1.69. The summed E-state index contributed by atoms with van der Waals surface area (Å²) in [5.41, 5.74) is 0. The number of carboxylic acid groups (broad SMARTS) is 1. The second-order valence-corrected chi connectivity index (χ2v) is 10.5. The molecule has 3 rings (SSSR count). The Bertz CT molecular complexity index is 808. The number of anilines is 2. The molecule has 1 aromatic rings. The van der Waals surface area contributed by atoms with Crippen molar-refractivity contribution in [1.82, 2.24) is 9.88 Å². The number of nitrogens with zero attached hydrogens (tertiary/aromatic N) is 3. The van der Waals surface area contributed by atoms with Crippen LogP contribution in [0.3, 0.4) is 0 Å². The molecule has 12 heteroatoms. The lowest BCUT2D eigenvalue weighted by Gasteiger charge is -2.42. The second-order valence-electron chi connectivity index (χ2n) is 8.58. The first-order chi connectivity index (χ1) is 15.9. The number of carbonyl (C=O) groups excluding carboxylic acids is 1. The molecule has 33 heavy (non-hydrogen) atoms. The number of rotatable bonds is 10. The number of hydrogen-bond donors (Lipinski definition) is 2. The minimum Gasteiger partial charge on any atom is -0.755 e. The molecule has 2 aliphatic carbocycles. The maximum atomic E-state index is 13.4. The maximum absolute atomic E-state index is 13.4. The van der Waals surface area contributed by atoms with Gasteiger partial charge in [-0.2, -0.15) is 0 Å². The lowest BCUT2D eigenvalue weighted by Crippen LogP contribution is -2.51. The van der Waals surface area contributed by atoms with Crippen molar-refractivity contribution in [1.29, 1.82) is 0 Å². The third-order valence-electron chi connectivity index (χ3n) is 6.21. The van der Waals surface area contributed by atoms with Gasteiger partial charge >= 0.3 is 12.0 Å². The van der Waals surface area contributed by atoms with E-state index in [-0.39, 0.29) is 34.4 Å². The van der Waals surface area contributed by atoms with E-state index in [1.54, 1.807) is 0 Å². The molecule has 10 nitrogen and oxygen atoms in total. The molecule has 0 spiro atoms. The summed E-state index contributed by atoms with van der Waals surface area (Å²) in [7, 11) is 0. The predicted octanol–water partition coefficient (Wildman–Crippen LogP) is 3.73. The van der Waals surface area contributed by atoms with Crippen molar-refractivity contribution >= 4 is 44.7 Å². The first-order valence-corrected chi connectivity index (χ1v) is 13.5. The van der Waals surface area contributed by atoms with Gasteiger partial charge in [0.25, 0.3) is 0 Å². The molecule has 1 atom stereocenters. The van der Waals surface area contributed by atoms with Crippen LogP contribution < -0.4 is 9.62 Å². The van der Waals surface area contributed by atoms with E-state index in [4.69, 9.17) is 9.84 Å². The molecular weight excluding hydrogens is 468 g/mol. The Kier molecular flexibility index (Phi) is 9.90. The summed E-state index contributed by atoms with van der Waals surface area (Å²) in [4.78, 5) is 30.5. The summed E-state index contributed by atoms with van der Waals surface area (Å²) in [5.74, 6) is -1.28. The van der Waals surface area contributed by atoms with Crippen LogP contribution in [-0.2, 0) is 20.8 Å². The molecule has 1 heterocycles. The zero-order valence-electron chi connectivity index (χ0n) is 18.9. The minimum atomic E-state index is -2.76. The van der Waals surface area contributed by atoms with Gasteiger partial charge in [-0.25, -0.2) is 9.78 Å². The summed E-state index contributed by atoms with van der Waals surface area (Å²) < 4.78 is 29.4. The third-order valence-corrected chi connectivity index (χ3v) is 7.95. The van der Waals surface area contributed by atoms with Crippen LogP contribution >= 0.6 is 11.3 Å². The van der Waals surface area contributed by atoms with Crippen molar-refractivity contribution in [3.05, 3.63) is 6.20 Å². The van der Waals surface area contributed by atoms with Crippen LogP contribution in [0.1, 0.15) is 71.1 Å². The Morgan fingerprint density at radius 1 is 1.21 bits per heavy atom. The van der Waals surface area contributed by atoms with Gasteiger partial charge in [0.1, 0.15) is 11.5 Å². The highest BCUT2D eigenvalue weighted by atomic mass is 32.2. The fourth-order valence-electron chi connectivity index (χ4n) is 4.69. The van der Waals surface area contributed by atoms with Crippen molar-refractivity contribution in [3.8, 4) is 0 Å². The van der Waals surface area contributed by atoms with Crippen molar-refractivity contribution in [2.75, 3.05) is 22.8 Å². The van der Waals surface area contributed by atoms with Crippen molar-refractivity contribution < 1.29 is 28.2 Å². The van der Waals surface area contributed by atoms with Crippen LogP contribution in [0.2, 0.25) is 0 Å². The number of carbonyl (C=O) groups is 2. The maximum Gasteiger partial charge on any atom is 0.324 e. The van der Waals surface area contributed by atoms with Crippen LogP contribution in [0.15, 0.2) is 6.20 Å². The van der Waals surface area contributed by atoms with Gasteiger partial charge in [0.15, 0.2) is 5.13 Å². The van der Waals surface area contributed by atoms with Gasteiger partial charge in [-0.15, -0.1) is 0 Å². The number of carboxylic acids is 1. The van der Waals surface area contributed by atoms with Gasteiger partial charge in [0.05, 0.1) is 12.3 Å². The summed E-state index contributed by atoms with van der Waals surface area (Å²) in [6, 6.07) is 0.0781. The van der Waals surface area contributed by atoms with Gasteiger partial charge < -0.3 is 19.3 Å². The molecule has 2 N–H and O–H groups in total. The highest BCUT2D eigenvalue weighted by Crippen LogP contribution is 2.33. The van der Waals surface area contributed by atoms with Crippen molar-refractivity contribution in [2.24, 2.45) is 0 Å². The highest BCUT2D eigenvalue weighted by molar-refractivity contribution is 7.81. The number of hydrogen-bond acceptors (Lipinski definition) is 7. The summed E-state index contributed by atoms with van der Waals surface area (Å²) in [6.07, 6.45) is 11.5. The van der Waals surface area contributed by atoms with E-state index >= 15 is 0 Å². The largest absolute Gasteiger partial charge is 0.755 e. The minimum absolute atomic E-state index is 0.131. The Morgan fingerprint density at radius 2 is 1.88 bits per heavy atom. The highest BCUT2D eigenvalue weighted by Gasteiger charge is 2.35. The Morgan fingerprint density at radius 3 is 2.48 bits per heavy atom. The number of aliphatic carboxylic acids is 1. The van der Waals surface area contributed by atoms with E-state index in [9.17, 15) is 18.4 Å². The molecule has 2 fully saturated rings. The zero-order chi connectivity index (χ0) is 23.8. The molecular formula is C21H33N4O6S2-. The number of amides is 2. The first kappa shape index (κ1) is 25.9. The number of urea groups is 1. The van der Waals surface area contributed by atoms with Gasteiger partial charge in [-0.3, -0.25) is 18.6 Å². The molecule has 0 saturated heterocycles. The monoisotopic (exact) mass is 501 g/mol. The van der Waals surface area contributed by atoms with Gasteiger partial charge in [-0.1, -0.05) is 37.5 Å². The predicted molar refractivity (Wildman–Crippen MR) is 126 cm³/mol. The molecule has 0 radical (unpaired) electrons. The van der Waals surface area contributed by atoms with Crippen LogP contribution in [0.25, 0.3) is 0 Å². The average Bonchev–Trinajstić information content (AvgIpc) is 3.25. The Hall–Kier alpha value is -1.76. The lowest BCUT2D eigenvalue weighted by molar-refractivity contribution is -0.135. The van der Waals surface area contributed by atoms with Gasteiger partial charge in [-0.05, 0) is 44.9 Å². The number of thiazole rings is 1. The zero-order valence-corrected chi connectivity index (χ0v) is 20.6. The second kappa shape index (κ2) is 12.6. The smallest absolute Gasteiger partial charge is 0.324 e. The Labute approximate surface area is 201 Å². The van der Waals surface area contributed by atoms with E-state index in [1.165, 1.54) is 12.6 Å². The van der Waals surface area contributed by atoms with Gasteiger partial charge in [0, 0.05) is 30.0 Å². The van der Waals surface area contributed by atoms with E-state index in [0.717, 1.165) is 75.7 Å². The summed E-state index contributed by atoms with van der Waals surface area (Å²) in [6.45, 7) is 2.16. The van der Waals surface area contributed by atoms with Crippen LogP contribution in [0.4, 0.5) is 14.9 Å². The van der Waals surface area contributed by atoms with E-state index in [0.29, 0.717) is 4.31 Å². The third kappa shape index (κ3) is 7.36. The molecule has 0 aromatic carbocycles. The fraction of sp³-hybridized carbons (Fsp3) is 0.762. The number of nitrogens with one attached hydrogen (secondary N) is 1. The molecule has 2 aliphatic rings. The molecule has 0 bridgehead atoms. The van der Waals surface area contributed by atoms with Crippen molar-refractivity contribution in [3.63, 3.8) is 0 Å². The van der Waals surface area contributed by atoms with E-state index in [1.807, 2.05) is 4.90 Å². The summed E-state index contributed by atoms with van der Waals surface area (Å²) >= 11 is -1.82. The molecule has 0 aliphatic heterocycles. The number of aromatic nitrogens is 1. The van der Waals surface area contributed by atoms with Crippen LogP contribution in [-0.4, -0.2) is 67.1 Å². The quantitative estimate of drug-likeness (QED) is 0.466. The number of ether oxygens (including phenoxy) is 1. The van der Waals surface area contributed by atoms with Crippen LogP contribution in [0.5, 0.6) is 0 Å². The standard InChI is InChI=1S/C21H34N4O6S2/c1-2-12-31-17-10-8-16(9-11-17)25(15-6-4-3-5-7-15)21(28)23-20-22-13-18(32-20)24(33(29)30)14-19(26)27/h13,15-17H,2-12,14H2,1H3,(H,26,27)(H,29,30)(H,22,23,28)/p-1. The SMILES string of the molecule is CCCOC1CCC(N(C(=O)Nc2ncc(N(CC(=O)O)S(=O)[O-])s2)C2CCCCC2)CC1. The van der Waals surface area contributed by atoms with Gasteiger partial charge in [0.2, 0.25) is 0 Å². The molecule has 2 amide bonds.